The molecule has 86 valence electrons. The first-order valence-electron chi connectivity index (χ1n) is 6.37. The van der Waals surface area contributed by atoms with Crippen molar-refractivity contribution in [3.63, 3.8) is 0 Å². The van der Waals surface area contributed by atoms with Crippen molar-refractivity contribution in [1.82, 2.24) is 10.2 Å². The zero-order valence-corrected chi connectivity index (χ0v) is 9.95. The molecule has 1 N–H and O–H groups in total. The molecule has 1 unspecified atom stereocenters. The van der Waals surface area contributed by atoms with Gasteiger partial charge < -0.3 is 5.32 Å². The first-order chi connectivity index (χ1) is 7.84. The summed E-state index contributed by atoms with van der Waals surface area (Å²) in [5.74, 6) is 0.789. The van der Waals surface area contributed by atoms with Crippen LogP contribution in [0, 0.1) is 0 Å². The van der Waals surface area contributed by atoms with Gasteiger partial charge in [-0.15, -0.1) is 0 Å². The molecule has 0 saturated carbocycles. The second-order valence-corrected chi connectivity index (χ2v) is 5.15. The molecular weight excluding hydrogens is 196 g/mol. The van der Waals surface area contributed by atoms with Gasteiger partial charge in [-0.3, -0.25) is 4.90 Å². The summed E-state index contributed by atoms with van der Waals surface area (Å²) >= 11 is 0. The van der Waals surface area contributed by atoms with Gasteiger partial charge in [-0.2, -0.15) is 0 Å². The van der Waals surface area contributed by atoms with E-state index in [9.17, 15) is 0 Å². The van der Waals surface area contributed by atoms with Gasteiger partial charge in [0.1, 0.15) is 0 Å². The number of hydrogen-bond donors (Lipinski definition) is 1. The van der Waals surface area contributed by atoms with Crippen LogP contribution in [0.2, 0.25) is 0 Å². The van der Waals surface area contributed by atoms with Gasteiger partial charge in [0.25, 0.3) is 0 Å². The highest BCUT2D eigenvalue weighted by Gasteiger charge is 2.29. The monoisotopic (exact) mass is 216 g/mol. The second-order valence-electron chi connectivity index (χ2n) is 5.15. The molecule has 1 aliphatic carbocycles. The van der Waals surface area contributed by atoms with E-state index in [-0.39, 0.29) is 0 Å². The molecule has 1 saturated heterocycles. The second kappa shape index (κ2) is 4.19. The van der Waals surface area contributed by atoms with Crippen molar-refractivity contribution >= 4 is 0 Å². The molecule has 1 heterocycles. The Morgan fingerprint density at radius 2 is 2.25 bits per heavy atom. The summed E-state index contributed by atoms with van der Waals surface area (Å²) in [6.45, 7) is 7.09. The van der Waals surface area contributed by atoms with Crippen LogP contribution in [-0.4, -0.2) is 37.1 Å². The third-order valence-electron chi connectivity index (χ3n) is 4.06. The van der Waals surface area contributed by atoms with Crippen molar-refractivity contribution < 1.29 is 0 Å². The number of nitrogens with zero attached hydrogens (tertiary/aromatic N) is 1. The van der Waals surface area contributed by atoms with E-state index in [1.165, 1.54) is 19.5 Å². The Bertz CT molecular complexity index is 375. The molecule has 3 rings (SSSR count). The Hall–Kier alpha value is -0.860. The molecule has 1 fully saturated rings. The van der Waals surface area contributed by atoms with Crippen molar-refractivity contribution in [2.75, 3.05) is 26.2 Å². The van der Waals surface area contributed by atoms with Crippen molar-refractivity contribution in [2.45, 2.75) is 25.3 Å². The number of hydrogen-bond acceptors (Lipinski definition) is 2. The van der Waals surface area contributed by atoms with Crippen LogP contribution in [0.4, 0.5) is 0 Å². The van der Waals surface area contributed by atoms with Crippen molar-refractivity contribution in [2.24, 2.45) is 0 Å². The fourth-order valence-electron chi connectivity index (χ4n) is 2.96. The fourth-order valence-corrected chi connectivity index (χ4v) is 2.96. The van der Waals surface area contributed by atoms with Crippen LogP contribution in [0.25, 0.3) is 0 Å². The van der Waals surface area contributed by atoms with Gasteiger partial charge in [0.2, 0.25) is 0 Å². The average molecular weight is 216 g/mol. The van der Waals surface area contributed by atoms with E-state index < -0.39 is 0 Å². The molecule has 2 atom stereocenters. The summed E-state index contributed by atoms with van der Waals surface area (Å²) in [5, 5.41) is 3.45. The van der Waals surface area contributed by atoms with E-state index >= 15 is 0 Å². The minimum Gasteiger partial charge on any atom is -0.314 e. The first kappa shape index (κ1) is 10.3. The molecule has 2 aliphatic rings. The molecule has 0 spiro atoms. The third-order valence-corrected chi connectivity index (χ3v) is 4.06. The maximum atomic E-state index is 3.45. The summed E-state index contributed by atoms with van der Waals surface area (Å²) < 4.78 is 0. The largest absolute Gasteiger partial charge is 0.314 e. The lowest BCUT2D eigenvalue weighted by atomic mass is 9.77. The lowest BCUT2D eigenvalue weighted by molar-refractivity contribution is 0.159. The van der Waals surface area contributed by atoms with Gasteiger partial charge in [0.15, 0.2) is 0 Å². The Balaban J connectivity index is 1.65. The van der Waals surface area contributed by atoms with Crippen LogP contribution in [0.1, 0.15) is 24.0 Å². The molecule has 2 nitrogen and oxygen atoms in total. The van der Waals surface area contributed by atoms with E-state index in [0.29, 0.717) is 6.04 Å². The summed E-state index contributed by atoms with van der Waals surface area (Å²) in [4.78, 5) is 2.64. The first-order valence-corrected chi connectivity index (χ1v) is 6.37. The molecular formula is C14H20N2. The minimum absolute atomic E-state index is 0.696. The lowest BCUT2D eigenvalue weighted by Gasteiger charge is -2.40. The molecule has 2 heteroatoms. The zero-order chi connectivity index (χ0) is 11.0. The standard InChI is InChI=1S/C14H20N2/c1-11-9-15-6-7-16(11)10-13-8-12-4-2-3-5-14(12)13/h2-5,11,13,15H,6-10H2,1H3/t11-,13?/m1/s1. The Morgan fingerprint density at radius 1 is 1.38 bits per heavy atom. The topological polar surface area (TPSA) is 15.3 Å². The summed E-state index contributed by atoms with van der Waals surface area (Å²) in [6, 6.07) is 9.60. The van der Waals surface area contributed by atoms with Gasteiger partial charge in [-0.1, -0.05) is 24.3 Å². The zero-order valence-electron chi connectivity index (χ0n) is 9.95. The normalized spacial score (nSPS) is 29.6. The van der Waals surface area contributed by atoms with E-state index in [2.05, 4.69) is 41.4 Å². The predicted octanol–water partition coefficient (Wildman–Crippen LogP) is 1.62. The molecule has 0 bridgehead atoms. The van der Waals surface area contributed by atoms with Crippen molar-refractivity contribution in [3.8, 4) is 0 Å². The fraction of sp³-hybridized carbons (Fsp3) is 0.571. The molecule has 0 aromatic heterocycles. The summed E-state index contributed by atoms with van der Waals surface area (Å²) in [5.41, 5.74) is 3.16. The highest BCUT2D eigenvalue weighted by Crippen LogP contribution is 2.35. The van der Waals surface area contributed by atoms with Crippen molar-refractivity contribution in [1.29, 1.82) is 0 Å². The summed E-state index contributed by atoms with van der Waals surface area (Å²) in [6.07, 6.45) is 1.28. The number of fused-ring (bicyclic) bond motifs is 1. The van der Waals surface area contributed by atoms with Crippen LogP contribution in [0.3, 0.4) is 0 Å². The highest BCUT2D eigenvalue weighted by molar-refractivity contribution is 5.40. The molecule has 1 aromatic rings. The highest BCUT2D eigenvalue weighted by atomic mass is 15.2. The van der Waals surface area contributed by atoms with Gasteiger partial charge in [0, 0.05) is 38.1 Å². The number of piperazine rings is 1. The molecule has 16 heavy (non-hydrogen) atoms. The number of nitrogens with one attached hydrogen (secondary N) is 1. The van der Waals surface area contributed by atoms with Crippen LogP contribution < -0.4 is 5.32 Å². The van der Waals surface area contributed by atoms with Gasteiger partial charge >= 0.3 is 0 Å². The quantitative estimate of drug-likeness (QED) is 0.808. The van der Waals surface area contributed by atoms with E-state index in [1.807, 2.05) is 0 Å². The smallest absolute Gasteiger partial charge is 0.0193 e. The lowest BCUT2D eigenvalue weighted by Crippen LogP contribution is -2.51. The van der Waals surface area contributed by atoms with Gasteiger partial charge in [0.05, 0.1) is 0 Å². The minimum atomic E-state index is 0.696. The Morgan fingerprint density at radius 3 is 3.06 bits per heavy atom. The van der Waals surface area contributed by atoms with Crippen LogP contribution in [0.5, 0.6) is 0 Å². The van der Waals surface area contributed by atoms with Crippen LogP contribution in [0.15, 0.2) is 24.3 Å². The maximum absolute atomic E-state index is 3.45. The maximum Gasteiger partial charge on any atom is 0.0193 e. The number of rotatable bonds is 2. The average Bonchev–Trinajstić information content (AvgIpc) is 2.28. The predicted molar refractivity (Wildman–Crippen MR) is 66.8 cm³/mol. The molecule has 1 aromatic carbocycles. The molecule has 0 radical (unpaired) electrons. The van der Waals surface area contributed by atoms with Crippen LogP contribution in [-0.2, 0) is 6.42 Å². The van der Waals surface area contributed by atoms with Gasteiger partial charge in [-0.25, -0.2) is 0 Å². The van der Waals surface area contributed by atoms with E-state index in [4.69, 9.17) is 0 Å². The summed E-state index contributed by atoms with van der Waals surface area (Å²) in [7, 11) is 0. The number of benzene rings is 1. The van der Waals surface area contributed by atoms with E-state index in [1.54, 1.807) is 11.1 Å². The molecule has 1 aliphatic heterocycles. The Labute approximate surface area is 97.6 Å². The van der Waals surface area contributed by atoms with Crippen molar-refractivity contribution in [3.05, 3.63) is 35.4 Å². The molecule has 0 amide bonds. The van der Waals surface area contributed by atoms with E-state index in [0.717, 1.165) is 19.0 Å². The van der Waals surface area contributed by atoms with Gasteiger partial charge in [-0.05, 0) is 24.5 Å². The Kier molecular flexibility index (Phi) is 2.70. The van der Waals surface area contributed by atoms with Crippen LogP contribution >= 0.6 is 0 Å². The SMILES string of the molecule is C[C@@H]1CNCCN1CC1Cc2ccccc21. The third kappa shape index (κ3) is 1.76.